The van der Waals surface area contributed by atoms with E-state index in [9.17, 15) is 14.4 Å². The van der Waals surface area contributed by atoms with Crippen LogP contribution in [0.25, 0.3) is 22.3 Å². The van der Waals surface area contributed by atoms with Crippen LogP contribution < -0.4 is 16.6 Å². The summed E-state index contributed by atoms with van der Waals surface area (Å²) in [4.78, 5) is 46.7. The molecule has 0 aliphatic rings. The minimum absolute atomic E-state index is 0.259. The zero-order chi connectivity index (χ0) is 22.8. The van der Waals surface area contributed by atoms with Crippen LogP contribution in [0.3, 0.4) is 0 Å². The highest BCUT2D eigenvalue weighted by Gasteiger charge is 2.21. The minimum Gasteiger partial charge on any atom is -0.347 e. The summed E-state index contributed by atoms with van der Waals surface area (Å²) in [6.45, 7) is 2.74. The van der Waals surface area contributed by atoms with Crippen LogP contribution in [0.15, 0.2) is 58.5 Å². The van der Waals surface area contributed by atoms with Crippen LogP contribution in [0.4, 0.5) is 0 Å². The van der Waals surface area contributed by atoms with Crippen molar-refractivity contribution in [1.29, 1.82) is 0 Å². The third-order valence-electron chi connectivity index (χ3n) is 5.46. The smallest absolute Gasteiger partial charge is 0.332 e. The van der Waals surface area contributed by atoms with E-state index in [2.05, 4.69) is 15.3 Å². The molecule has 9 heteroatoms. The van der Waals surface area contributed by atoms with Gasteiger partial charge < -0.3 is 9.88 Å². The number of hydrogen-bond donors (Lipinski definition) is 1. The topological polar surface area (TPSA) is 104 Å². The lowest BCUT2D eigenvalue weighted by Gasteiger charge is -2.13. The molecule has 0 bridgehead atoms. The van der Waals surface area contributed by atoms with Crippen molar-refractivity contribution in [2.24, 2.45) is 14.1 Å². The van der Waals surface area contributed by atoms with Crippen molar-refractivity contribution in [3.05, 3.63) is 81.0 Å². The lowest BCUT2D eigenvalue weighted by molar-refractivity contribution is 0.0942. The number of pyridine rings is 2. The largest absolute Gasteiger partial charge is 0.347 e. The molecule has 0 aliphatic heterocycles. The Hall–Kier alpha value is -4.01. The molecule has 0 spiro atoms. The lowest BCUT2D eigenvalue weighted by Crippen LogP contribution is -2.37. The molecule has 0 saturated heterocycles. The first kappa shape index (κ1) is 21.2. The van der Waals surface area contributed by atoms with Gasteiger partial charge >= 0.3 is 5.69 Å². The van der Waals surface area contributed by atoms with Gasteiger partial charge in [0, 0.05) is 51.3 Å². The van der Waals surface area contributed by atoms with Gasteiger partial charge in [-0.05, 0) is 36.2 Å². The fourth-order valence-electron chi connectivity index (χ4n) is 3.90. The molecule has 9 nitrogen and oxygen atoms in total. The molecule has 0 unspecified atom stereocenters. The molecular weight excluding hydrogens is 408 g/mol. The second kappa shape index (κ2) is 8.62. The summed E-state index contributed by atoms with van der Waals surface area (Å²) in [5, 5.41) is 3.28. The molecule has 4 aromatic heterocycles. The maximum atomic E-state index is 13.2. The van der Waals surface area contributed by atoms with Crippen molar-refractivity contribution in [3.63, 3.8) is 0 Å². The first-order valence-corrected chi connectivity index (χ1v) is 10.4. The molecule has 1 amide bonds. The summed E-state index contributed by atoms with van der Waals surface area (Å²) in [5.74, 6) is -0.325. The quantitative estimate of drug-likeness (QED) is 0.501. The van der Waals surface area contributed by atoms with E-state index in [0.717, 1.165) is 27.8 Å². The molecular formula is C23H24N6O3. The Kier molecular flexibility index (Phi) is 5.72. The molecule has 0 fully saturated rings. The fourth-order valence-corrected chi connectivity index (χ4v) is 3.90. The van der Waals surface area contributed by atoms with Crippen molar-refractivity contribution in [1.82, 2.24) is 29.0 Å². The standard InChI is InChI=1S/C23H24N6O3/c1-4-12-29-18(13-17-21(29)27(2)23(32)28(3)22(17)31)20(30)26-14-16-6-5-9-25-19(16)15-7-10-24-11-8-15/h5-11,13H,4,12,14H2,1-3H3,(H,26,30). The van der Waals surface area contributed by atoms with Crippen LogP contribution in [0, 0.1) is 0 Å². The molecule has 4 aromatic rings. The van der Waals surface area contributed by atoms with Gasteiger partial charge in [0.25, 0.3) is 11.5 Å². The molecule has 0 saturated carbocycles. The molecule has 4 heterocycles. The zero-order valence-corrected chi connectivity index (χ0v) is 18.2. The third kappa shape index (κ3) is 3.62. The Balaban J connectivity index is 1.71. The van der Waals surface area contributed by atoms with E-state index in [1.165, 1.54) is 11.6 Å². The summed E-state index contributed by atoms with van der Waals surface area (Å²) in [5.41, 5.74) is 2.47. The SMILES string of the molecule is CCCn1c(C(=O)NCc2cccnc2-c2ccncc2)cc2c(=O)n(C)c(=O)n(C)c21. The lowest BCUT2D eigenvalue weighted by atomic mass is 10.1. The average Bonchev–Trinajstić information content (AvgIpc) is 3.20. The maximum absolute atomic E-state index is 13.2. The van der Waals surface area contributed by atoms with Gasteiger partial charge in [-0.25, -0.2) is 4.79 Å². The predicted octanol–water partition coefficient (Wildman–Crippen LogP) is 1.84. The van der Waals surface area contributed by atoms with Crippen molar-refractivity contribution >= 4 is 16.9 Å². The summed E-state index contributed by atoms with van der Waals surface area (Å²) in [6, 6.07) is 9.02. The van der Waals surface area contributed by atoms with Gasteiger partial charge in [0.05, 0.1) is 11.1 Å². The van der Waals surface area contributed by atoms with E-state index in [-0.39, 0.29) is 12.5 Å². The van der Waals surface area contributed by atoms with E-state index >= 15 is 0 Å². The Labute approximate surface area is 184 Å². The van der Waals surface area contributed by atoms with Gasteiger partial charge in [-0.3, -0.25) is 28.7 Å². The molecule has 0 atom stereocenters. The molecule has 0 aromatic carbocycles. The number of nitrogens with one attached hydrogen (secondary N) is 1. The van der Waals surface area contributed by atoms with Gasteiger partial charge in [-0.1, -0.05) is 13.0 Å². The number of fused-ring (bicyclic) bond motifs is 1. The fraction of sp³-hybridized carbons (Fsp3) is 0.261. The van der Waals surface area contributed by atoms with E-state index in [1.54, 1.807) is 36.3 Å². The van der Waals surface area contributed by atoms with Gasteiger partial charge in [-0.15, -0.1) is 0 Å². The molecule has 4 rings (SSSR count). The second-order valence-corrected chi connectivity index (χ2v) is 7.55. The number of carbonyl (C=O) groups excluding carboxylic acids is 1. The maximum Gasteiger partial charge on any atom is 0.332 e. The van der Waals surface area contributed by atoms with Crippen molar-refractivity contribution < 1.29 is 4.79 Å². The van der Waals surface area contributed by atoms with Gasteiger partial charge in [-0.2, -0.15) is 0 Å². The minimum atomic E-state index is -0.428. The molecule has 0 radical (unpaired) electrons. The molecule has 164 valence electrons. The van der Waals surface area contributed by atoms with Crippen LogP contribution in [0.2, 0.25) is 0 Å². The van der Waals surface area contributed by atoms with Crippen LogP contribution >= 0.6 is 0 Å². The van der Waals surface area contributed by atoms with Crippen LogP contribution in [-0.4, -0.2) is 29.6 Å². The number of hydrogen-bond acceptors (Lipinski definition) is 5. The number of nitrogens with zero attached hydrogens (tertiary/aromatic N) is 5. The van der Waals surface area contributed by atoms with Crippen LogP contribution in [0.5, 0.6) is 0 Å². The summed E-state index contributed by atoms with van der Waals surface area (Å²) >= 11 is 0. The Bertz CT molecular complexity index is 1420. The number of rotatable bonds is 6. The van der Waals surface area contributed by atoms with Gasteiger partial charge in [0.1, 0.15) is 11.3 Å². The first-order valence-electron chi connectivity index (χ1n) is 10.4. The Morgan fingerprint density at radius 1 is 1.06 bits per heavy atom. The first-order chi connectivity index (χ1) is 15.4. The number of carbonyl (C=O) groups is 1. The third-order valence-corrected chi connectivity index (χ3v) is 5.46. The van der Waals surface area contributed by atoms with Crippen LogP contribution in [0.1, 0.15) is 29.4 Å². The monoisotopic (exact) mass is 432 g/mol. The Morgan fingerprint density at radius 3 is 2.53 bits per heavy atom. The highest BCUT2D eigenvalue weighted by Crippen LogP contribution is 2.21. The molecule has 1 N–H and O–H groups in total. The molecule has 32 heavy (non-hydrogen) atoms. The predicted molar refractivity (Wildman–Crippen MR) is 121 cm³/mol. The summed E-state index contributed by atoms with van der Waals surface area (Å²) in [6.07, 6.45) is 5.83. The zero-order valence-electron chi connectivity index (χ0n) is 18.2. The average molecular weight is 432 g/mol. The number of aromatic nitrogens is 5. The highest BCUT2D eigenvalue weighted by atomic mass is 16.2. The summed E-state index contributed by atoms with van der Waals surface area (Å²) in [7, 11) is 3.04. The molecule has 0 aliphatic carbocycles. The van der Waals surface area contributed by atoms with Crippen molar-refractivity contribution in [2.75, 3.05) is 0 Å². The number of amides is 1. The Morgan fingerprint density at radius 2 is 1.81 bits per heavy atom. The van der Waals surface area contributed by atoms with E-state index < -0.39 is 11.2 Å². The normalized spacial score (nSPS) is 11.1. The van der Waals surface area contributed by atoms with Crippen molar-refractivity contribution in [3.8, 4) is 11.3 Å². The second-order valence-electron chi connectivity index (χ2n) is 7.55. The van der Waals surface area contributed by atoms with Gasteiger partial charge in [0.15, 0.2) is 0 Å². The van der Waals surface area contributed by atoms with Crippen LogP contribution in [-0.2, 0) is 27.2 Å². The van der Waals surface area contributed by atoms with E-state index in [1.807, 2.05) is 31.2 Å². The van der Waals surface area contributed by atoms with Crippen molar-refractivity contribution in [2.45, 2.75) is 26.4 Å². The van der Waals surface area contributed by atoms with E-state index in [0.29, 0.717) is 23.3 Å². The van der Waals surface area contributed by atoms with Gasteiger partial charge in [0.2, 0.25) is 0 Å². The summed E-state index contributed by atoms with van der Waals surface area (Å²) < 4.78 is 4.20. The number of aryl methyl sites for hydroxylation is 2. The van der Waals surface area contributed by atoms with E-state index in [4.69, 9.17) is 0 Å². The highest BCUT2D eigenvalue weighted by molar-refractivity contribution is 5.98.